The van der Waals surface area contributed by atoms with Gasteiger partial charge in [0.15, 0.2) is 0 Å². The van der Waals surface area contributed by atoms with E-state index < -0.39 is 0 Å². The highest BCUT2D eigenvalue weighted by atomic mass is 15.0. The van der Waals surface area contributed by atoms with E-state index in [0.29, 0.717) is 0 Å². The fourth-order valence-corrected chi connectivity index (χ4v) is 3.58. The van der Waals surface area contributed by atoms with Crippen LogP contribution in [0.15, 0.2) is 97.1 Å². The molecule has 1 heterocycles. The van der Waals surface area contributed by atoms with Crippen LogP contribution in [0, 0.1) is 6.07 Å². The van der Waals surface area contributed by atoms with Crippen molar-refractivity contribution in [3.8, 4) is 16.8 Å². The normalized spacial score (nSPS) is 11.2. The molecular weight excluding hydrogens is 302 g/mol. The number of aromatic nitrogens is 1. The van der Waals surface area contributed by atoms with Crippen molar-refractivity contribution in [2.24, 2.45) is 0 Å². The maximum atomic E-state index is 3.23. The molecule has 0 saturated carbocycles. The first kappa shape index (κ1) is 14.1. The van der Waals surface area contributed by atoms with Gasteiger partial charge in [0.05, 0.1) is 11.0 Å². The Kier molecular flexibility index (Phi) is 3.17. The summed E-state index contributed by atoms with van der Waals surface area (Å²) < 4.78 is 2.32. The minimum absolute atomic E-state index is 1.18. The molecule has 5 rings (SSSR count). The summed E-state index contributed by atoms with van der Waals surface area (Å²) in [6.07, 6.45) is 0. The van der Waals surface area contributed by atoms with Crippen LogP contribution in [0.3, 0.4) is 0 Å². The Balaban J connectivity index is 1.86. The number of rotatable bonds is 2. The van der Waals surface area contributed by atoms with Crippen molar-refractivity contribution in [2.75, 3.05) is 0 Å². The molecule has 25 heavy (non-hydrogen) atoms. The molecule has 1 heteroatoms. The summed E-state index contributed by atoms with van der Waals surface area (Å²) in [5, 5.41) is 2.53. The highest BCUT2D eigenvalue weighted by Gasteiger charge is 2.12. The Morgan fingerprint density at radius 1 is 0.600 bits per heavy atom. The van der Waals surface area contributed by atoms with Gasteiger partial charge in [-0.15, -0.1) is 0 Å². The molecule has 0 aliphatic rings. The molecule has 1 aromatic heterocycles. The van der Waals surface area contributed by atoms with Gasteiger partial charge >= 0.3 is 0 Å². The van der Waals surface area contributed by atoms with E-state index in [1.807, 2.05) is 6.07 Å². The van der Waals surface area contributed by atoms with Crippen LogP contribution >= 0.6 is 0 Å². The molecule has 0 atom stereocenters. The lowest BCUT2D eigenvalue weighted by Crippen LogP contribution is -1.92. The Bertz CT molecular complexity index is 1170. The summed E-state index contributed by atoms with van der Waals surface area (Å²) in [7, 11) is 0. The highest BCUT2D eigenvalue weighted by molar-refractivity contribution is 6.10. The van der Waals surface area contributed by atoms with Crippen molar-refractivity contribution in [1.29, 1.82) is 0 Å². The monoisotopic (exact) mass is 318 g/mol. The molecule has 0 N–H and O–H groups in total. The second kappa shape index (κ2) is 5.64. The molecule has 0 saturated heterocycles. The Labute approximate surface area is 146 Å². The summed E-state index contributed by atoms with van der Waals surface area (Å²) in [5.41, 5.74) is 6.07. The number of benzene rings is 4. The summed E-state index contributed by atoms with van der Waals surface area (Å²) in [5.74, 6) is 0. The largest absolute Gasteiger partial charge is 0.309 e. The third-order valence-corrected chi connectivity index (χ3v) is 4.73. The van der Waals surface area contributed by atoms with Gasteiger partial charge in [0, 0.05) is 16.5 Å². The van der Waals surface area contributed by atoms with Crippen molar-refractivity contribution in [3.63, 3.8) is 0 Å². The van der Waals surface area contributed by atoms with Crippen LogP contribution in [0.1, 0.15) is 0 Å². The number of hydrogen-bond acceptors (Lipinski definition) is 0. The van der Waals surface area contributed by atoms with Gasteiger partial charge in [0.1, 0.15) is 0 Å². The fraction of sp³-hybridized carbons (Fsp3) is 0. The molecule has 4 aromatic carbocycles. The van der Waals surface area contributed by atoms with Gasteiger partial charge in [0.2, 0.25) is 0 Å². The number of para-hydroxylation sites is 1. The molecule has 0 unspecified atom stereocenters. The van der Waals surface area contributed by atoms with Crippen molar-refractivity contribution in [2.45, 2.75) is 0 Å². The average molecular weight is 318 g/mol. The number of nitrogens with zero attached hydrogens (tertiary/aromatic N) is 1. The molecule has 0 aliphatic heterocycles. The van der Waals surface area contributed by atoms with Gasteiger partial charge in [-0.25, -0.2) is 0 Å². The van der Waals surface area contributed by atoms with Crippen LogP contribution in [0.25, 0.3) is 38.6 Å². The van der Waals surface area contributed by atoms with Gasteiger partial charge in [-0.1, -0.05) is 66.7 Å². The van der Waals surface area contributed by atoms with Gasteiger partial charge in [-0.2, -0.15) is 0 Å². The first-order chi connectivity index (χ1) is 12.4. The van der Waals surface area contributed by atoms with Crippen molar-refractivity contribution in [3.05, 3.63) is 103 Å². The first-order valence-electron chi connectivity index (χ1n) is 8.47. The zero-order valence-electron chi connectivity index (χ0n) is 13.7. The topological polar surface area (TPSA) is 4.93 Å². The molecule has 0 fully saturated rings. The van der Waals surface area contributed by atoms with Gasteiger partial charge in [0.25, 0.3) is 0 Å². The van der Waals surface area contributed by atoms with E-state index in [4.69, 9.17) is 0 Å². The van der Waals surface area contributed by atoms with Gasteiger partial charge < -0.3 is 4.57 Å². The molecule has 0 amide bonds. The molecule has 1 nitrogen and oxygen atoms in total. The lowest BCUT2D eigenvalue weighted by molar-refractivity contribution is 1.18. The average Bonchev–Trinajstić information content (AvgIpc) is 3.03. The van der Waals surface area contributed by atoms with E-state index in [2.05, 4.69) is 102 Å². The van der Waals surface area contributed by atoms with E-state index in [-0.39, 0.29) is 0 Å². The Morgan fingerprint density at radius 3 is 2.16 bits per heavy atom. The number of hydrogen-bond donors (Lipinski definition) is 0. The SMILES string of the molecule is [c]1ccc2c3cc(-c4ccccc4)ccc3n(-c3ccccc3)c2c1. The Hall–Kier alpha value is -3.32. The lowest BCUT2D eigenvalue weighted by atomic mass is 10.0. The predicted molar refractivity (Wildman–Crippen MR) is 105 cm³/mol. The van der Waals surface area contributed by atoms with Crippen molar-refractivity contribution >= 4 is 21.8 Å². The summed E-state index contributed by atoms with van der Waals surface area (Å²) in [6.45, 7) is 0. The molecule has 5 aromatic rings. The molecule has 0 aliphatic carbocycles. The molecule has 117 valence electrons. The number of fused-ring (bicyclic) bond motifs is 3. The van der Waals surface area contributed by atoms with Gasteiger partial charge in [-0.05, 0) is 47.5 Å². The standard InChI is InChI=1S/C24H16N/c1-3-9-18(10-4-1)19-15-16-24-22(17-19)21-13-7-8-14-23(21)25(24)20-11-5-2-6-12-20/h1-7,9-17H. The maximum Gasteiger partial charge on any atom is 0.0547 e. The molecule has 1 radical (unpaired) electrons. The quantitative estimate of drug-likeness (QED) is 0.362. The minimum Gasteiger partial charge on any atom is -0.309 e. The van der Waals surface area contributed by atoms with Crippen LogP contribution in [-0.2, 0) is 0 Å². The van der Waals surface area contributed by atoms with E-state index in [1.54, 1.807) is 0 Å². The summed E-state index contributed by atoms with van der Waals surface area (Å²) in [6, 6.07) is 37.2. The lowest BCUT2D eigenvalue weighted by Gasteiger charge is -2.08. The molecule has 0 bridgehead atoms. The second-order valence-electron chi connectivity index (χ2n) is 6.21. The zero-order chi connectivity index (χ0) is 16.6. The van der Waals surface area contributed by atoms with Crippen molar-refractivity contribution in [1.82, 2.24) is 4.57 Å². The Morgan fingerprint density at radius 2 is 1.36 bits per heavy atom. The molecular formula is C24H16N. The third-order valence-electron chi connectivity index (χ3n) is 4.73. The summed E-state index contributed by atoms with van der Waals surface area (Å²) in [4.78, 5) is 0. The van der Waals surface area contributed by atoms with E-state index in [1.165, 1.54) is 38.6 Å². The van der Waals surface area contributed by atoms with Crippen LogP contribution in [0.2, 0.25) is 0 Å². The molecule has 0 spiro atoms. The maximum absolute atomic E-state index is 3.23. The van der Waals surface area contributed by atoms with Crippen LogP contribution < -0.4 is 0 Å². The second-order valence-corrected chi connectivity index (χ2v) is 6.21. The van der Waals surface area contributed by atoms with E-state index in [9.17, 15) is 0 Å². The summed E-state index contributed by atoms with van der Waals surface area (Å²) >= 11 is 0. The van der Waals surface area contributed by atoms with Crippen LogP contribution in [0.5, 0.6) is 0 Å². The van der Waals surface area contributed by atoms with Crippen molar-refractivity contribution < 1.29 is 0 Å². The third kappa shape index (κ3) is 2.25. The smallest absolute Gasteiger partial charge is 0.0547 e. The van der Waals surface area contributed by atoms with Crippen LogP contribution in [0.4, 0.5) is 0 Å². The van der Waals surface area contributed by atoms with E-state index in [0.717, 1.165) is 0 Å². The first-order valence-corrected chi connectivity index (χ1v) is 8.47. The van der Waals surface area contributed by atoms with Gasteiger partial charge in [-0.3, -0.25) is 0 Å². The minimum atomic E-state index is 1.18. The fourth-order valence-electron chi connectivity index (χ4n) is 3.58. The van der Waals surface area contributed by atoms with E-state index >= 15 is 0 Å². The zero-order valence-corrected chi connectivity index (χ0v) is 13.7. The predicted octanol–water partition coefficient (Wildman–Crippen LogP) is 6.25. The van der Waals surface area contributed by atoms with Crippen LogP contribution in [-0.4, -0.2) is 4.57 Å². The highest BCUT2D eigenvalue weighted by Crippen LogP contribution is 2.34.